The van der Waals surface area contributed by atoms with Crippen molar-refractivity contribution in [2.75, 3.05) is 23.8 Å². The molecule has 40 heavy (non-hydrogen) atoms. The van der Waals surface area contributed by atoms with E-state index in [9.17, 15) is 9.59 Å². The van der Waals surface area contributed by atoms with Crippen molar-refractivity contribution in [1.29, 1.82) is 0 Å². The molecule has 3 aromatic rings. The molecular weight excluding hydrogens is 508 g/mol. The van der Waals surface area contributed by atoms with E-state index in [4.69, 9.17) is 9.72 Å². The van der Waals surface area contributed by atoms with Crippen molar-refractivity contribution >= 4 is 40.5 Å². The van der Waals surface area contributed by atoms with Crippen molar-refractivity contribution in [2.24, 2.45) is 5.41 Å². The average molecular weight is 545 g/mol. The Hall–Kier alpha value is -3.73. The fourth-order valence-corrected chi connectivity index (χ4v) is 7.79. The molecule has 5 fully saturated rings. The van der Waals surface area contributed by atoms with Gasteiger partial charge in [-0.25, -0.2) is 14.8 Å². The molecule has 2 spiro atoms. The summed E-state index contributed by atoms with van der Waals surface area (Å²) < 4.78 is 8.07. The van der Waals surface area contributed by atoms with Crippen LogP contribution in [0, 0.1) is 5.41 Å². The summed E-state index contributed by atoms with van der Waals surface area (Å²) in [6.45, 7) is 4.58. The van der Waals surface area contributed by atoms with Crippen LogP contribution >= 0.6 is 0 Å². The Morgan fingerprint density at radius 1 is 1.12 bits per heavy atom. The number of ether oxygens (including phenoxy) is 1. The number of pyridine rings is 1. The third-order valence-corrected chi connectivity index (χ3v) is 9.82. The lowest BCUT2D eigenvalue weighted by Crippen LogP contribution is -2.91. The molecule has 3 saturated carbocycles. The van der Waals surface area contributed by atoms with Crippen LogP contribution in [0.2, 0.25) is 0 Å². The van der Waals surface area contributed by atoms with E-state index in [1.165, 1.54) is 6.42 Å². The van der Waals surface area contributed by atoms with Gasteiger partial charge < -0.3 is 25.3 Å². The molecule has 11 nitrogen and oxygen atoms in total. The van der Waals surface area contributed by atoms with Gasteiger partial charge in [-0.15, -0.1) is 0 Å². The Morgan fingerprint density at radius 2 is 1.95 bits per heavy atom. The molecule has 4 unspecified atom stereocenters. The van der Waals surface area contributed by atoms with E-state index in [1.807, 2.05) is 32.0 Å². The number of piperidine rings is 2. The van der Waals surface area contributed by atoms with E-state index in [-0.39, 0.29) is 29.1 Å². The molecule has 0 radical (unpaired) electrons. The lowest BCUT2D eigenvalue weighted by Gasteiger charge is -2.77. The SMILES string of the molecule is CC.CNC(=O)c1cc2cnc(Nc3ccc(N4CC5(CC6NC7CCC765)OC4=O)cn3)nc2n1C1CCCC1. The molecular formula is C29H36N8O3. The Balaban J connectivity index is 0.00000130. The van der Waals surface area contributed by atoms with Crippen LogP contribution in [0.4, 0.5) is 22.2 Å². The normalized spacial score (nSPS) is 29.9. The summed E-state index contributed by atoms with van der Waals surface area (Å²) in [6, 6.07) is 6.81. The fourth-order valence-electron chi connectivity index (χ4n) is 7.79. The van der Waals surface area contributed by atoms with Crippen LogP contribution in [0.25, 0.3) is 11.0 Å². The van der Waals surface area contributed by atoms with Gasteiger partial charge in [-0.05, 0) is 43.9 Å². The molecule has 5 aliphatic rings. The van der Waals surface area contributed by atoms with Crippen LogP contribution in [-0.2, 0) is 4.74 Å². The zero-order valence-corrected chi connectivity index (χ0v) is 23.2. The molecule has 210 valence electrons. The molecule has 3 aromatic heterocycles. The number of hydrogen-bond acceptors (Lipinski definition) is 8. The molecule has 0 aromatic carbocycles. The number of nitrogens with one attached hydrogen (secondary N) is 3. The number of carbonyl (C=O) groups excluding carboxylic acids is 2. The number of fused-ring (bicyclic) bond motifs is 1. The van der Waals surface area contributed by atoms with Crippen LogP contribution < -0.4 is 20.9 Å². The lowest BCUT2D eigenvalue weighted by molar-refractivity contribution is -0.284. The number of amides is 2. The minimum Gasteiger partial charge on any atom is -0.440 e. The number of rotatable bonds is 5. The van der Waals surface area contributed by atoms with E-state index >= 15 is 0 Å². The standard InChI is InChI=1S/C27H30N8O3.C2H6/c1-28-23(36)18-10-15-12-30-24(33-22(15)35(18)16-4-2-3-5-16)32-21-7-6-17(13-29-21)34-14-26(38-25(34)37)11-20-27(26)9-8-19(27)31-20;1-2/h6-7,10,12-13,16,19-20,31H,2-5,8-9,11,14H2,1H3,(H,28,36)(H,29,30,32,33);1-2H3. The Bertz CT molecular complexity index is 1480. The first-order chi connectivity index (χ1) is 19.5. The number of carbonyl (C=O) groups is 2. The molecule has 2 aliphatic heterocycles. The van der Waals surface area contributed by atoms with Gasteiger partial charge in [0, 0.05) is 48.6 Å². The second-order valence-corrected chi connectivity index (χ2v) is 11.4. The molecule has 5 heterocycles. The largest absolute Gasteiger partial charge is 0.440 e. The van der Waals surface area contributed by atoms with E-state index in [1.54, 1.807) is 24.3 Å². The maximum Gasteiger partial charge on any atom is 0.415 e. The molecule has 0 bridgehead atoms. The first kappa shape index (κ1) is 25.3. The molecule has 3 aliphatic carbocycles. The molecule has 8 rings (SSSR count). The van der Waals surface area contributed by atoms with Gasteiger partial charge in [0.05, 0.1) is 18.4 Å². The maximum absolute atomic E-state index is 12.8. The zero-order valence-electron chi connectivity index (χ0n) is 23.2. The highest BCUT2D eigenvalue weighted by atomic mass is 16.6. The first-order valence-corrected chi connectivity index (χ1v) is 14.6. The van der Waals surface area contributed by atoms with Gasteiger partial charge in [0.15, 0.2) is 0 Å². The minimum absolute atomic E-state index is 0.123. The summed E-state index contributed by atoms with van der Waals surface area (Å²) in [5.74, 6) is 0.860. The summed E-state index contributed by atoms with van der Waals surface area (Å²) in [4.78, 5) is 40.9. The van der Waals surface area contributed by atoms with Crippen molar-refractivity contribution in [2.45, 2.75) is 82.5 Å². The summed E-state index contributed by atoms with van der Waals surface area (Å²) in [7, 11) is 1.64. The first-order valence-electron chi connectivity index (χ1n) is 14.6. The highest BCUT2D eigenvalue weighted by Gasteiger charge is 2.82. The van der Waals surface area contributed by atoms with E-state index < -0.39 is 0 Å². The van der Waals surface area contributed by atoms with Crippen molar-refractivity contribution < 1.29 is 14.3 Å². The average Bonchev–Trinajstić information content (AvgIpc) is 3.69. The van der Waals surface area contributed by atoms with Crippen molar-refractivity contribution in [3.05, 3.63) is 36.3 Å². The number of nitrogens with zero attached hydrogens (tertiary/aromatic N) is 5. The third kappa shape index (κ3) is 3.36. The number of aromatic nitrogens is 4. The minimum atomic E-state index is -0.356. The fraction of sp³-hybridized carbons (Fsp3) is 0.552. The van der Waals surface area contributed by atoms with Crippen molar-refractivity contribution in [3.63, 3.8) is 0 Å². The topological polar surface area (TPSA) is 126 Å². The highest BCUT2D eigenvalue weighted by Crippen LogP contribution is 2.70. The highest BCUT2D eigenvalue weighted by molar-refractivity contribution is 5.98. The van der Waals surface area contributed by atoms with Gasteiger partial charge in [0.1, 0.15) is 22.8 Å². The molecule has 2 saturated heterocycles. The second-order valence-electron chi connectivity index (χ2n) is 11.4. The van der Waals surface area contributed by atoms with Gasteiger partial charge >= 0.3 is 6.09 Å². The Morgan fingerprint density at radius 3 is 2.60 bits per heavy atom. The van der Waals surface area contributed by atoms with Crippen molar-refractivity contribution in [3.8, 4) is 0 Å². The quantitative estimate of drug-likeness (QED) is 0.434. The summed E-state index contributed by atoms with van der Waals surface area (Å²) in [6.07, 6.45) is 10.7. The van der Waals surface area contributed by atoms with Crippen LogP contribution in [0.1, 0.15) is 75.3 Å². The molecule has 4 atom stereocenters. The zero-order chi connectivity index (χ0) is 27.6. The van der Waals surface area contributed by atoms with Gasteiger partial charge in [-0.3, -0.25) is 9.69 Å². The number of hydrogen-bond donors (Lipinski definition) is 3. The summed E-state index contributed by atoms with van der Waals surface area (Å²) >= 11 is 0. The smallest absolute Gasteiger partial charge is 0.415 e. The van der Waals surface area contributed by atoms with Gasteiger partial charge in [0.25, 0.3) is 5.91 Å². The van der Waals surface area contributed by atoms with Gasteiger partial charge in [-0.1, -0.05) is 26.7 Å². The van der Waals surface area contributed by atoms with Crippen LogP contribution in [-0.4, -0.2) is 62.8 Å². The Labute approximate surface area is 233 Å². The second kappa shape index (κ2) is 9.15. The summed E-state index contributed by atoms with van der Waals surface area (Å²) in [5.41, 5.74) is 1.87. The van der Waals surface area contributed by atoms with Crippen LogP contribution in [0.3, 0.4) is 0 Å². The molecule has 11 heteroatoms. The molecule has 2 amide bonds. The maximum atomic E-state index is 12.8. The lowest BCUT2D eigenvalue weighted by atomic mass is 9.37. The van der Waals surface area contributed by atoms with Gasteiger partial charge in [0.2, 0.25) is 5.95 Å². The van der Waals surface area contributed by atoms with Crippen LogP contribution in [0.5, 0.6) is 0 Å². The van der Waals surface area contributed by atoms with E-state index in [0.717, 1.165) is 55.2 Å². The molecule has 3 N–H and O–H groups in total. The third-order valence-electron chi connectivity index (χ3n) is 9.82. The van der Waals surface area contributed by atoms with Gasteiger partial charge in [-0.2, -0.15) is 4.98 Å². The monoisotopic (exact) mass is 544 g/mol. The Kier molecular flexibility index (Phi) is 5.78. The predicted molar refractivity (Wildman–Crippen MR) is 151 cm³/mol. The van der Waals surface area contributed by atoms with Crippen LogP contribution in [0.15, 0.2) is 30.6 Å². The van der Waals surface area contributed by atoms with E-state index in [0.29, 0.717) is 36.1 Å². The summed E-state index contributed by atoms with van der Waals surface area (Å²) in [5, 5.41) is 10.4. The predicted octanol–water partition coefficient (Wildman–Crippen LogP) is 4.29. The van der Waals surface area contributed by atoms with E-state index in [2.05, 4.69) is 30.5 Å². The number of anilines is 3. The van der Waals surface area contributed by atoms with Crippen molar-refractivity contribution in [1.82, 2.24) is 30.2 Å².